The second-order valence-electron chi connectivity index (χ2n) is 11.9. The van der Waals surface area contributed by atoms with Crippen LogP contribution in [0.4, 0.5) is 0 Å². The van der Waals surface area contributed by atoms with Gasteiger partial charge in [-0.2, -0.15) is 4.31 Å². The molecule has 4 N–H and O–H groups in total. The molecule has 0 bridgehead atoms. The van der Waals surface area contributed by atoms with Gasteiger partial charge in [0.25, 0.3) is 0 Å². The molecule has 1 aliphatic heterocycles. The van der Waals surface area contributed by atoms with E-state index in [-0.39, 0.29) is 36.6 Å². The van der Waals surface area contributed by atoms with Crippen LogP contribution in [0.15, 0.2) is 17.0 Å². The zero-order chi connectivity index (χ0) is 34.8. The molecule has 1 aromatic rings. The van der Waals surface area contributed by atoms with Crippen LogP contribution < -0.4 is 4.74 Å². The van der Waals surface area contributed by atoms with E-state index in [2.05, 4.69) is 16.8 Å². The number of carboxylic acid groups (broad SMARTS) is 2. The molecule has 16 heteroatoms. The number of carbonyl (C=O) groups excluding carboxylic acids is 1. The number of aliphatic hydroxyl groups is 2. The van der Waals surface area contributed by atoms with Crippen molar-refractivity contribution >= 4 is 27.9 Å². The number of piperazine rings is 1. The maximum Gasteiger partial charge on any atom is 0.335 e. The fraction of sp³-hybridized carbons (Fsp3) is 0.700. The van der Waals surface area contributed by atoms with Gasteiger partial charge in [-0.1, -0.05) is 0 Å². The van der Waals surface area contributed by atoms with Gasteiger partial charge in [0.1, 0.15) is 12.4 Å². The molecule has 262 valence electrons. The number of rotatable bonds is 13. The Kier molecular flexibility index (Phi) is 15.3. The summed E-state index contributed by atoms with van der Waals surface area (Å²) in [7, 11) is 3.45. The van der Waals surface area contributed by atoms with E-state index in [1.165, 1.54) is 17.8 Å². The molecule has 46 heavy (non-hydrogen) atoms. The van der Waals surface area contributed by atoms with Crippen molar-refractivity contribution in [3.63, 3.8) is 0 Å². The first-order valence-electron chi connectivity index (χ1n) is 15.2. The molecule has 0 radical (unpaired) electrons. The first-order chi connectivity index (χ1) is 21.5. The van der Waals surface area contributed by atoms with Gasteiger partial charge in [0.2, 0.25) is 15.9 Å². The minimum atomic E-state index is -3.69. The Balaban J connectivity index is 0.000000634. The van der Waals surface area contributed by atoms with E-state index in [1.807, 2.05) is 11.9 Å². The summed E-state index contributed by atoms with van der Waals surface area (Å²) in [6.45, 7) is 8.21. The highest BCUT2D eigenvalue weighted by molar-refractivity contribution is 7.89. The molecule has 2 aliphatic rings. The molecule has 3 rings (SSSR count). The van der Waals surface area contributed by atoms with Gasteiger partial charge in [0, 0.05) is 58.9 Å². The number of sulfonamides is 1. The molecule has 0 spiro atoms. The number of likely N-dealkylation sites (N-methyl/N-ethyl adjacent to an activating group) is 3. The van der Waals surface area contributed by atoms with Gasteiger partial charge in [-0.15, -0.1) is 0 Å². The lowest BCUT2D eigenvalue weighted by Crippen LogP contribution is -2.52. The topological polar surface area (TPSA) is 198 Å². The first kappa shape index (κ1) is 39.3. The second-order valence-corrected chi connectivity index (χ2v) is 13.8. The molecule has 15 nitrogen and oxygen atoms in total. The van der Waals surface area contributed by atoms with E-state index in [0.29, 0.717) is 22.9 Å². The molecule has 1 aliphatic carbocycles. The summed E-state index contributed by atoms with van der Waals surface area (Å²) in [6, 6.07) is 4.21. The molecular formula is C30H50N4O11S. The molecule has 0 aromatic heterocycles. The van der Waals surface area contributed by atoms with Crippen LogP contribution in [-0.4, -0.2) is 164 Å². The number of amides is 1. The molecule has 2 unspecified atom stereocenters. The number of aliphatic carboxylic acids is 2. The standard InChI is InChI=1S/C26H44N4O5S.C4H6O6/c1-20-16-24(34-6)17-21(2)26(20)36(32,33)28(4)14-15-35-19-25(31)29(5)22-8-7-9-23(18-22)30-12-10-27(3)11-13-30;5-1(3(7)8)2(6)4(9)10/h16-17,22-23H,7-15,18-19H2,1-6H3;1-2,5-6H,(H,7,8)(H,9,10)/t22-,23+;/m1./s1. The van der Waals surface area contributed by atoms with Crippen LogP contribution in [0.3, 0.4) is 0 Å². The molecule has 4 atom stereocenters. The van der Waals surface area contributed by atoms with Crippen LogP contribution in [0, 0.1) is 13.8 Å². The average molecular weight is 675 g/mol. The lowest BCUT2D eigenvalue weighted by Gasteiger charge is -2.43. The predicted molar refractivity (Wildman–Crippen MR) is 168 cm³/mol. The van der Waals surface area contributed by atoms with Crippen molar-refractivity contribution in [3.05, 3.63) is 23.3 Å². The monoisotopic (exact) mass is 674 g/mol. The van der Waals surface area contributed by atoms with E-state index >= 15 is 0 Å². The highest BCUT2D eigenvalue weighted by Crippen LogP contribution is 2.28. The highest BCUT2D eigenvalue weighted by atomic mass is 32.2. The Labute approximate surface area is 271 Å². The summed E-state index contributed by atoms with van der Waals surface area (Å²) < 4.78 is 38.4. The van der Waals surface area contributed by atoms with Gasteiger partial charge in [-0.25, -0.2) is 18.0 Å². The largest absolute Gasteiger partial charge is 0.497 e. The normalized spacial score (nSPS) is 20.7. The van der Waals surface area contributed by atoms with Crippen molar-refractivity contribution in [1.82, 2.24) is 19.0 Å². The number of aryl methyl sites for hydroxylation is 2. The number of carboxylic acids is 2. The summed E-state index contributed by atoms with van der Waals surface area (Å²) in [5.74, 6) is -2.96. The molecule has 1 saturated heterocycles. The van der Waals surface area contributed by atoms with Crippen LogP contribution in [0.5, 0.6) is 5.75 Å². The van der Waals surface area contributed by atoms with Crippen molar-refractivity contribution in [2.75, 3.05) is 74.2 Å². The third-order valence-electron chi connectivity index (χ3n) is 8.53. The van der Waals surface area contributed by atoms with Gasteiger partial charge < -0.3 is 39.7 Å². The Morgan fingerprint density at radius 2 is 1.52 bits per heavy atom. The number of aliphatic hydroxyl groups excluding tert-OH is 2. The number of hydrogen-bond donors (Lipinski definition) is 4. The molecule has 1 saturated carbocycles. The van der Waals surface area contributed by atoms with E-state index in [4.69, 9.17) is 29.9 Å². The van der Waals surface area contributed by atoms with Crippen LogP contribution in [0.1, 0.15) is 36.8 Å². The van der Waals surface area contributed by atoms with Gasteiger partial charge in [-0.3, -0.25) is 9.69 Å². The molecule has 1 amide bonds. The fourth-order valence-corrected chi connectivity index (χ4v) is 7.21. The Hall–Kier alpha value is -2.86. The summed E-state index contributed by atoms with van der Waals surface area (Å²) in [6.07, 6.45) is -0.170. The van der Waals surface area contributed by atoms with E-state index < -0.39 is 34.2 Å². The molecular weight excluding hydrogens is 624 g/mol. The lowest BCUT2D eigenvalue weighted by molar-refractivity contribution is -0.165. The van der Waals surface area contributed by atoms with Crippen LogP contribution in [0.25, 0.3) is 0 Å². The van der Waals surface area contributed by atoms with Crippen molar-refractivity contribution in [2.24, 2.45) is 0 Å². The second kappa shape index (κ2) is 17.9. The summed E-state index contributed by atoms with van der Waals surface area (Å²) >= 11 is 0. The minimum Gasteiger partial charge on any atom is -0.497 e. The minimum absolute atomic E-state index is 0.0410. The van der Waals surface area contributed by atoms with Crippen molar-refractivity contribution in [3.8, 4) is 5.75 Å². The van der Waals surface area contributed by atoms with E-state index in [1.54, 1.807) is 33.1 Å². The number of hydrogen-bond acceptors (Lipinski definition) is 11. The average Bonchev–Trinajstić information content (AvgIpc) is 3.01. The number of benzene rings is 1. The third kappa shape index (κ3) is 10.9. The predicted octanol–water partition coefficient (Wildman–Crippen LogP) is -0.156. The lowest BCUT2D eigenvalue weighted by atomic mass is 9.88. The Bertz CT molecular complexity index is 1250. The van der Waals surface area contributed by atoms with Crippen LogP contribution in [-0.2, 0) is 29.1 Å². The Morgan fingerprint density at radius 1 is 0.978 bits per heavy atom. The SMILES string of the molecule is COc1cc(C)c(S(=O)(=O)N(C)CCOCC(=O)N(C)[C@@H]2CCC[C@H](N3CCN(C)CC3)C2)c(C)c1.O=C(O)C(O)C(O)C(=O)O. The van der Waals surface area contributed by atoms with Crippen molar-refractivity contribution in [1.29, 1.82) is 0 Å². The van der Waals surface area contributed by atoms with Crippen molar-refractivity contribution in [2.45, 2.75) is 68.7 Å². The van der Waals surface area contributed by atoms with Gasteiger partial charge >= 0.3 is 11.9 Å². The number of nitrogens with zero attached hydrogens (tertiary/aromatic N) is 4. The quantitative estimate of drug-likeness (QED) is 0.202. The first-order valence-corrected chi connectivity index (χ1v) is 16.6. The number of carbonyl (C=O) groups is 3. The maximum atomic E-state index is 13.1. The maximum absolute atomic E-state index is 13.1. The molecule has 1 heterocycles. The highest BCUT2D eigenvalue weighted by Gasteiger charge is 2.32. The molecule has 1 aromatic carbocycles. The Morgan fingerprint density at radius 3 is 2.02 bits per heavy atom. The van der Waals surface area contributed by atoms with Gasteiger partial charge in [0.15, 0.2) is 12.2 Å². The van der Waals surface area contributed by atoms with Crippen molar-refractivity contribution < 1.29 is 52.7 Å². The summed E-state index contributed by atoms with van der Waals surface area (Å²) in [4.78, 5) is 39.4. The number of methoxy groups -OCH3 is 1. The van der Waals surface area contributed by atoms with Crippen LogP contribution >= 0.6 is 0 Å². The summed E-state index contributed by atoms with van der Waals surface area (Å²) in [5.41, 5.74) is 1.28. The third-order valence-corrected chi connectivity index (χ3v) is 10.7. The van der Waals surface area contributed by atoms with Gasteiger partial charge in [0.05, 0.1) is 18.6 Å². The van der Waals surface area contributed by atoms with Crippen LogP contribution in [0.2, 0.25) is 0 Å². The number of ether oxygens (including phenoxy) is 2. The molecule has 2 fully saturated rings. The zero-order valence-corrected chi connectivity index (χ0v) is 28.4. The van der Waals surface area contributed by atoms with E-state index in [0.717, 1.165) is 45.4 Å². The smallest absolute Gasteiger partial charge is 0.335 e. The van der Waals surface area contributed by atoms with Gasteiger partial charge in [-0.05, 0) is 69.8 Å². The fourth-order valence-electron chi connectivity index (χ4n) is 5.65. The van der Waals surface area contributed by atoms with E-state index in [9.17, 15) is 22.8 Å². The zero-order valence-electron chi connectivity index (χ0n) is 27.6. The summed E-state index contributed by atoms with van der Waals surface area (Å²) in [5, 5.41) is 32.5.